The van der Waals surface area contributed by atoms with E-state index >= 15 is 0 Å². The fraction of sp³-hybridized carbons (Fsp3) is 0.250. The van der Waals surface area contributed by atoms with Gasteiger partial charge in [0, 0.05) is 18.2 Å². The van der Waals surface area contributed by atoms with Gasteiger partial charge in [-0.2, -0.15) is 0 Å². The van der Waals surface area contributed by atoms with Gasteiger partial charge in [-0.25, -0.2) is 0 Å². The van der Waals surface area contributed by atoms with Crippen LogP contribution in [0.4, 0.5) is 0 Å². The van der Waals surface area contributed by atoms with Crippen LogP contribution in [0.1, 0.15) is 18.4 Å². The van der Waals surface area contributed by atoms with Gasteiger partial charge in [-0.15, -0.1) is 0 Å². The Morgan fingerprint density at radius 2 is 1.61 bits per heavy atom. The highest BCUT2D eigenvalue weighted by Gasteiger charge is 2.12. The van der Waals surface area contributed by atoms with Crippen LogP contribution in [0, 0.1) is 0 Å². The van der Waals surface area contributed by atoms with Crippen molar-refractivity contribution >= 4 is 0 Å². The van der Waals surface area contributed by atoms with E-state index in [9.17, 15) is 0 Å². The van der Waals surface area contributed by atoms with E-state index in [-0.39, 0.29) is 0 Å². The highest BCUT2D eigenvalue weighted by molar-refractivity contribution is 5.71. The van der Waals surface area contributed by atoms with Gasteiger partial charge >= 0.3 is 0 Å². The topological polar surface area (TPSA) is 29.3 Å². The minimum atomic E-state index is 0.875. The van der Waals surface area contributed by atoms with Crippen LogP contribution in [0.2, 0.25) is 0 Å². The van der Waals surface area contributed by atoms with Gasteiger partial charge in [0.2, 0.25) is 0 Å². The third-order valence-corrected chi connectivity index (χ3v) is 4.46. The Morgan fingerprint density at radius 1 is 0.870 bits per heavy atom. The number of likely N-dealkylation sites (tertiary alicyclic amines) is 1. The molecular weight excluding hydrogens is 284 g/mol. The molecule has 2 aromatic carbocycles. The van der Waals surface area contributed by atoms with Gasteiger partial charge in [0.1, 0.15) is 12.0 Å². The van der Waals surface area contributed by atoms with Crippen molar-refractivity contribution in [2.45, 2.75) is 19.4 Å². The molecule has 1 fully saturated rings. The summed E-state index contributed by atoms with van der Waals surface area (Å²) in [7, 11) is 0. The van der Waals surface area contributed by atoms with Crippen molar-refractivity contribution in [2.75, 3.05) is 13.1 Å². The molecule has 1 aliphatic heterocycles. The second-order valence-corrected chi connectivity index (χ2v) is 6.15. The first-order valence-electron chi connectivity index (χ1n) is 8.21. The SMILES string of the molecule is c1cc(CN2CCCC2)cc(-c2cccc(-c3ccon3)c2)c1. The van der Waals surface area contributed by atoms with Gasteiger partial charge in [-0.1, -0.05) is 41.6 Å². The maximum atomic E-state index is 4.95. The normalized spacial score (nSPS) is 15.1. The van der Waals surface area contributed by atoms with E-state index in [1.165, 1.54) is 42.6 Å². The van der Waals surface area contributed by atoms with Crippen LogP contribution >= 0.6 is 0 Å². The van der Waals surface area contributed by atoms with Crippen LogP contribution in [-0.4, -0.2) is 23.1 Å². The van der Waals surface area contributed by atoms with Crippen LogP contribution in [-0.2, 0) is 6.54 Å². The summed E-state index contributed by atoms with van der Waals surface area (Å²) >= 11 is 0. The highest BCUT2D eigenvalue weighted by Crippen LogP contribution is 2.26. The average Bonchev–Trinajstić information content (AvgIpc) is 3.29. The molecule has 4 rings (SSSR count). The van der Waals surface area contributed by atoms with E-state index in [4.69, 9.17) is 4.52 Å². The summed E-state index contributed by atoms with van der Waals surface area (Å²) in [6.07, 6.45) is 4.28. The first kappa shape index (κ1) is 14.2. The third-order valence-electron chi connectivity index (χ3n) is 4.46. The highest BCUT2D eigenvalue weighted by atomic mass is 16.5. The van der Waals surface area contributed by atoms with Crippen molar-refractivity contribution in [3.8, 4) is 22.4 Å². The predicted octanol–water partition coefficient (Wildman–Crippen LogP) is 4.60. The first-order chi connectivity index (χ1) is 11.4. The van der Waals surface area contributed by atoms with E-state index in [1.54, 1.807) is 6.26 Å². The number of nitrogens with zero attached hydrogens (tertiary/aromatic N) is 2. The molecule has 0 unspecified atom stereocenters. The zero-order valence-electron chi connectivity index (χ0n) is 13.1. The van der Waals surface area contributed by atoms with Crippen molar-refractivity contribution in [3.63, 3.8) is 0 Å². The summed E-state index contributed by atoms with van der Waals surface area (Å²) in [4.78, 5) is 2.53. The van der Waals surface area contributed by atoms with Gasteiger partial charge < -0.3 is 4.52 Å². The Bertz CT molecular complexity index is 774. The molecule has 1 aliphatic rings. The molecule has 3 heteroatoms. The number of hydrogen-bond donors (Lipinski definition) is 0. The largest absolute Gasteiger partial charge is 0.364 e. The number of benzene rings is 2. The van der Waals surface area contributed by atoms with Gasteiger partial charge in [-0.3, -0.25) is 4.90 Å². The lowest BCUT2D eigenvalue weighted by atomic mass is 10.00. The zero-order valence-corrected chi connectivity index (χ0v) is 13.1. The Balaban J connectivity index is 1.61. The zero-order chi connectivity index (χ0) is 15.5. The molecule has 0 radical (unpaired) electrons. The number of aromatic nitrogens is 1. The van der Waals surface area contributed by atoms with Gasteiger partial charge in [-0.05, 0) is 54.8 Å². The van der Waals surface area contributed by atoms with Crippen molar-refractivity contribution in [3.05, 3.63) is 66.4 Å². The van der Waals surface area contributed by atoms with Crippen LogP contribution in [0.5, 0.6) is 0 Å². The minimum Gasteiger partial charge on any atom is -0.364 e. The lowest BCUT2D eigenvalue weighted by Gasteiger charge is -2.15. The molecule has 2 heterocycles. The molecule has 0 amide bonds. The van der Waals surface area contributed by atoms with E-state index in [2.05, 4.69) is 58.6 Å². The Labute approximate surface area is 136 Å². The van der Waals surface area contributed by atoms with Gasteiger partial charge in [0.15, 0.2) is 0 Å². The molecule has 1 aromatic heterocycles. The molecule has 3 aromatic rings. The van der Waals surface area contributed by atoms with Crippen molar-refractivity contribution in [1.82, 2.24) is 10.1 Å². The fourth-order valence-electron chi connectivity index (χ4n) is 3.27. The van der Waals surface area contributed by atoms with Crippen LogP contribution in [0.3, 0.4) is 0 Å². The maximum Gasteiger partial charge on any atom is 0.124 e. The molecule has 3 nitrogen and oxygen atoms in total. The maximum absolute atomic E-state index is 4.95. The standard InChI is InChI=1S/C20H20N2O/c1-2-11-22(10-1)15-16-5-3-6-17(13-16)18-7-4-8-19(14-18)20-9-12-23-21-20/h3-9,12-14H,1-2,10-11,15H2. The summed E-state index contributed by atoms with van der Waals surface area (Å²) in [5, 5.41) is 4.03. The Morgan fingerprint density at radius 3 is 2.39 bits per heavy atom. The smallest absolute Gasteiger partial charge is 0.124 e. The van der Waals surface area contributed by atoms with E-state index < -0.39 is 0 Å². The second-order valence-electron chi connectivity index (χ2n) is 6.15. The Hall–Kier alpha value is -2.39. The first-order valence-corrected chi connectivity index (χ1v) is 8.21. The number of hydrogen-bond acceptors (Lipinski definition) is 3. The molecule has 0 N–H and O–H groups in total. The van der Waals surface area contributed by atoms with Gasteiger partial charge in [0.25, 0.3) is 0 Å². The monoisotopic (exact) mass is 304 g/mol. The van der Waals surface area contributed by atoms with E-state index in [0.717, 1.165) is 17.8 Å². The van der Waals surface area contributed by atoms with Gasteiger partial charge in [0.05, 0.1) is 0 Å². The predicted molar refractivity (Wildman–Crippen MR) is 91.9 cm³/mol. The summed E-state index contributed by atoms with van der Waals surface area (Å²) < 4.78 is 4.95. The summed E-state index contributed by atoms with van der Waals surface area (Å²) in [5.41, 5.74) is 5.82. The van der Waals surface area contributed by atoms with E-state index in [0.29, 0.717) is 0 Å². The number of rotatable bonds is 4. The molecule has 0 aliphatic carbocycles. The second kappa shape index (κ2) is 6.39. The lowest BCUT2D eigenvalue weighted by Crippen LogP contribution is -2.18. The molecular formula is C20H20N2O. The van der Waals surface area contributed by atoms with Crippen molar-refractivity contribution < 1.29 is 4.52 Å². The van der Waals surface area contributed by atoms with Crippen molar-refractivity contribution in [2.24, 2.45) is 0 Å². The third kappa shape index (κ3) is 3.20. The molecule has 23 heavy (non-hydrogen) atoms. The van der Waals surface area contributed by atoms with Crippen LogP contribution in [0.25, 0.3) is 22.4 Å². The lowest BCUT2D eigenvalue weighted by molar-refractivity contribution is 0.331. The van der Waals surface area contributed by atoms with Crippen LogP contribution < -0.4 is 0 Å². The summed E-state index contributed by atoms with van der Waals surface area (Å²) in [6.45, 7) is 3.51. The van der Waals surface area contributed by atoms with Crippen LogP contribution in [0.15, 0.2) is 65.4 Å². The molecule has 0 spiro atoms. The molecule has 116 valence electrons. The van der Waals surface area contributed by atoms with E-state index in [1.807, 2.05) is 6.07 Å². The molecule has 0 bridgehead atoms. The molecule has 1 saturated heterocycles. The average molecular weight is 304 g/mol. The molecule has 0 atom stereocenters. The minimum absolute atomic E-state index is 0.875. The summed E-state index contributed by atoms with van der Waals surface area (Å²) in [6, 6.07) is 19.2. The quantitative estimate of drug-likeness (QED) is 0.705. The molecule has 0 saturated carbocycles. The Kier molecular flexibility index (Phi) is 3.95. The fourth-order valence-corrected chi connectivity index (χ4v) is 3.27. The summed E-state index contributed by atoms with van der Waals surface area (Å²) in [5.74, 6) is 0. The van der Waals surface area contributed by atoms with Crippen molar-refractivity contribution in [1.29, 1.82) is 0 Å².